The highest BCUT2D eigenvalue weighted by Gasteiger charge is 2.59. The Kier molecular flexibility index (Phi) is 7.30. The smallest absolute Gasteiger partial charge is 0.225 e. The van der Waals surface area contributed by atoms with Crippen LogP contribution in [0.1, 0.15) is 105 Å². The van der Waals surface area contributed by atoms with Gasteiger partial charge in [-0.15, -0.1) is 0 Å². The van der Waals surface area contributed by atoms with E-state index in [9.17, 15) is 0 Å². The van der Waals surface area contributed by atoms with E-state index >= 15 is 0 Å². The van der Waals surface area contributed by atoms with Crippen molar-refractivity contribution in [3.05, 3.63) is 29.2 Å². The second-order valence-electron chi connectivity index (χ2n) is 13.4. The van der Waals surface area contributed by atoms with Crippen LogP contribution in [0.5, 0.6) is 5.88 Å². The van der Waals surface area contributed by atoms with Gasteiger partial charge in [0.25, 0.3) is 0 Å². The molecule has 4 unspecified atom stereocenters. The molecule has 1 heterocycles. The first-order valence-corrected chi connectivity index (χ1v) is 14.9. The van der Waals surface area contributed by atoms with Crippen molar-refractivity contribution in [2.75, 3.05) is 0 Å². The summed E-state index contributed by atoms with van der Waals surface area (Å²) in [5.74, 6) is 5.92. The third kappa shape index (κ3) is 4.80. The second kappa shape index (κ2) is 9.99. The third-order valence-corrected chi connectivity index (χ3v) is 11.3. The quantitative estimate of drug-likeness (QED) is 0.278. The van der Waals surface area contributed by atoms with Gasteiger partial charge in [0, 0.05) is 18.7 Å². The van der Waals surface area contributed by atoms with Crippen molar-refractivity contribution in [2.24, 2.45) is 46.3 Å². The van der Waals surface area contributed by atoms with Crippen molar-refractivity contribution in [3.8, 4) is 5.88 Å². The molecule has 1 aromatic heterocycles. The molecule has 1 aromatic rings. The lowest BCUT2D eigenvalue weighted by Crippen LogP contribution is -2.51. The average Bonchev–Trinajstić information content (AvgIpc) is 3.16. The van der Waals surface area contributed by atoms with Crippen LogP contribution in [0.3, 0.4) is 0 Å². The minimum Gasteiger partial charge on any atom is -0.474 e. The molecule has 194 valence electrons. The number of hydrogen-bond acceptors (Lipinski definition) is 3. The lowest BCUT2D eigenvalue weighted by atomic mass is 9.47. The van der Waals surface area contributed by atoms with Gasteiger partial charge in [-0.05, 0) is 103 Å². The summed E-state index contributed by atoms with van der Waals surface area (Å²) in [6.45, 7) is 12.6. The highest BCUT2D eigenvalue weighted by atomic mass is 35.5. The number of nitrogens with zero attached hydrogens (tertiary/aromatic N) is 2. The maximum Gasteiger partial charge on any atom is 0.225 e. The Labute approximate surface area is 218 Å². The second-order valence-corrected chi connectivity index (χ2v) is 13.8. The van der Waals surface area contributed by atoms with Crippen molar-refractivity contribution in [2.45, 2.75) is 111 Å². The number of fused-ring (bicyclic) bond motifs is 5. The van der Waals surface area contributed by atoms with Gasteiger partial charge < -0.3 is 4.74 Å². The number of rotatable bonds is 7. The zero-order valence-corrected chi connectivity index (χ0v) is 23.5. The topological polar surface area (TPSA) is 35.0 Å². The van der Waals surface area contributed by atoms with E-state index in [4.69, 9.17) is 16.3 Å². The molecule has 3 nitrogen and oxygen atoms in total. The first-order valence-electron chi connectivity index (χ1n) is 14.6. The van der Waals surface area contributed by atoms with Crippen LogP contribution in [-0.2, 0) is 0 Å². The summed E-state index contributed by atoms with van der Waals surface area (Å²) in [5, 5.41) is 0.261. The monoisotopic (exact) mass is 498 g/mol. The van der Waals surface area contributed by atoms with Gasteiger partial charge in [-0.25, -0.2) is 4.98 Å². The van der Waals surface area contributed by atoms with Crippen molar-refractivity contribution in [1.29, 1.82) is 0 Å². The summed E-state index contributed by atoms with van der Waals surface area (Å²) >= 11 is 5.98. The van der Waals surface area contributed by atoms with Gasteiger partial charge in [-0.2, -0.15) is 4.98 Å². The van der Waals surface area contributed by atoms with Crippen molar-refractivity contribution in [3.63, 3.8) is 0 Å². The molecule has 4 aliphatic rings. The molecule has 8 atom stereocenters. The van der Waals surface area contributed by atoms with E-state index in [0.29, 0.717) is 16.7 Å². The Morgan fingerprint density at radius 1 is 1.06 bits per heavy atom. The van der Waals surface area contributed by atoms with Crippen molar-refractivity contribution < 1.29 is 4.74 Å². The van der Waals surface area contributed by atoms with Crippen LogP contribution in [0.25, 0.3) is 0 Å². The zero-order valence-electron chi connectivity index (χ0n) is 22.7. The van der Waals surface area contributed by atoms with Gasteiger partial charge in [0.2, 0.25) is 11.2 Å². The summed E-state index contributed by atoms with van der Waals surface area (Å²) in [5.41, 5.74) is 2.58. The minimum absolute atomic E-state index is 0.202. The zero-order chi connectivity index (χ0) is 24.8. The number of aromatic nitrogens is 2. The van der Waals surface area contributed by atoms with E-state index in [1.165, 1.54) is 57.8 Å². The molecule has 5 rings (SSSR count). The molecule has 0 aliphatic heterocycles. The molecule has 0 bridgehead atoms. The molecule has 3 fully saturated rings. The van der Waals surface area contributed by atoms with E-state index < -0.39 is 0 Å². The summed E-state index contributed by atoms with van der Waals surface area (Å²) in [4.78, 5) is 8.25. The van der Waals surface area contributed by atoms with E-state index in [-0.39, 0.29) is 11.4 Å². The Bertz CT molecular complexity index is 930. The summed E-state index contributed by atoms with van der Waals surface area (Å²) < 4.78 is 6.26. The number of hydrogen-bond donors (Lipinski definition) is 0. The van der Waals surface area contributed by atoms with Crippen LogP contribution in [0.15, 0.2) is 23.9 Å². The molecule has 0 radical (unpaired) electrons. The highest BCUT2D eigenvalue weighted by Crippen LogP contribution is 2.67. The fraction of sp³-hybridized carbons (Fsp3) is 0.806. The van der Waals surface area contributed by atoms with Crippen LogP contribution in [0.4, 0.5) is 0 Å². The molecule has 0 spiro atoms. The number of ether oxygens (including phenoxy) is 1. The molecule has 4 aliphatic carbocycles. The van der Waals surface area contributed by atoms with Crippen LogP contribution >= 0.6 is 11.6 Å². The van der Waals surface area contributed by atoms with Crippen molar-refractivity contribution >= 4 is 11.6 Å². The molecule has 4 heteroatoms. The average molecular weight is 499 g/mol. The standard InChI is InChI=1S/C31H47ClN2O/c1-20(2)7-6-8-21(3)25-11-12-26-24-10-9-22-19-23(35-28-15-18-33-29(32)34-28)13-16-30(22,4)27(24)14-17-31(25,26)5/h9,15,18,20-21,23-27H,6-8,10-14,16-17,19H2,1-5H3/t21?,23-,24?,25+,26?,27?,30-,31+/m0/s1. The minimum atomic E-state index is 0.202. The largest absolute Gasteiger partial charge is 0.474 e. The van der Waals surface area contributed by atoms with Crippen molar-refractivity contribution in [1.82, 2.24) is 9.97 Å². The van der Waals surface area contributed by atoms with Crippen LogP contribution in [-0.4, -0.2) is 16.1 Å². The maximum absolute atomic E-state index is 6.26. The van der Waals surface area contributed by atoms with Gasteiger partial charge in [0.15, 0.2) is 0 Å². The van der Waals surface area contributed by atoms with E-state index in [0.717, 1.165) is 48.3 Å². The molecule has 35 heavy (non-hydrogen) atoms. The number of allylic oxidation sites excluding steroid dienone is 1. The Morgan fingerprint density at radius 2 is 1.89 bits per heavy atom. The molecular weight excluding hydrogens is 452 g/mol. The summed E-state index contributed by atoms with van der Waals surface area (Å²) in [6.07, 6.45) is 19.2. The summed E-state index contributed by atoms with van der Waals surface area (Å²) in [6, 6.07) is 1.83. The number of halogens is 1. The Morgan fingerprint density at radius 3 is 2.66 bits per heavy atom. The van der Waals surface area contributed by atoms with Gasteiger partial charge in [0.1, 0.15) is 6.10 Å². The molecule has 0 N–H and O–H groups in total. The predicted molar refractivity (Wildman–Crippen MR) is 145 cm³/mol. The normalized spacial score (nSPS) is 39.4. The van der Waals surface area contributed by atoms with Crippen LogP contribution < -0.4 is 4.74 Å². The van der Waals surface area contributed by atoms with Crippen LogP contribution in [0, 0.1) is 46.3 Å². The maximum atomic E-state index is 6.26. The lowest BCUT2D eigenvalue weighted by molar-refractivity contribution is -0.0560. The van der Waals surface area contributed by atoms with Gasteiger partial charge in [0.05, 0.1) is 0 Å². The third-order valence-electron chi connectivity index (χ3n) is 11.1. The molecular formula is C31H47ClN2O. The first kappa shape index (κ1) is 25.6. The molecule has 0 saturated heterocycles. The molecule has 0 aromatic carbocycles. The first-order chi connectivity index (χ1) is 16.7. The fourth-order valence-electron chi connectivity index (χ4n) is 9.31. The lowest BCUT2D eigenvalue weighted by Gasteiger charge is -2.58. The van der Waals surface area contributed by atoms with Gasteiger partial charge in [-0.1, -0.05) is 65.5 Å². The predicted octanol–water partition coefficient (Wildman–Crippen LogP) is 8.92. The van der Waals surface area contributed by atoms with Gasteiger partial charge >= 0.3 is 0 Å². The SMILES string of the molecule is CC(C)CCCC(C)[C@H]1CCC2C3CC=C4C[C@@H](Oc5ccnc(Cl)n5)CC[C@]4(C)C3CC[C@@]21C. The highest BCUT2D eigenvalue weighted by molar-refractivity contribution is 6.28. The Balaban J connectivity index is 1.27. The van der Waals surface area contributed by atoms with E-state index in [1.54, 1.807) is 11.8 Å². The molecule has 0 amide bonds. The van der Waals surface area contributed by atoms with E-state index in [1.807, 2.05) is 6.07 Å². The van der Waals surface area contributed by atoms with E-state index in [2.05, 4.69) is 50.7 Å². The van der Waals surface area contributed by atoms with Gasteiger partial charge in [-0.3, -0.25) is 0 Å². The van der Waals surface area contributed by atoms with Crippen LogP contribution in [0.2, 0.25) is 5.28 Å². The summed E-state index contributed by atoms with van der Waals surface area (Å²) in [7, 11) is 0. The Hall–Kier alpha value is -1.09. The fourth-order valence-corrected chi connectivity index (χ4v) is 9.45. The molecule has 3 saturated carbocycles.